The molecule has 3 heterocycles. The summed E-state index contributed by atoms with van der Waals surface area (Å²) in [5, 5.41) is 0. The zero-order valence-electron chi connectivity index (χ0n) is 58.9. The van der Waals surface area contributed by atoms with Gasteiger partial charge in [0.2, 0.25) is 5.91 Å². The molecule has 524 valence electrons. The average Bonchev–Trinajstić information content (AvgIpc) is 0.913. The van der Waals surface area contributed by atoms with Crippen LogP contribution in [0, 0.1) is 29.6 Å². The molecule has 0 bridgehead atoms. The second kappa shape index (κ2) is 38.3. The predicted molar refractivity (Wildman–Crippen MR) is 376 cm³/mol. The monoisotopic (exact) mass is 1340 g/mol. The Labute approximate surface area is 574 Å². The van der Waals surface area contributed by atoms with Gasteiger partial charge in [-0.2, -0.15) is 0 Å². The minimum absolute atomic E-state index is 0.0174. The zero-order chi connectivity index (χ0) is 68.6. The van der Waals surface area contributed by atoms with Crippen LogP contribution in [0.1, 0.15) is 190 Å². The van der Waals surface area contributed by atoms with Crippen molar-refractivity contribution in [2.75, 3.05) is 47.2 Å². The van der Waals surface area contributed by atoms with Gasteiger partial charge in [-0.15, -0.1) is 0 Å². The molecule has 3 saturated heterocycles. The standard InChI is InChI=1S/C79H109N2O14P/c1-54(2)81(55(3)4)96-95-70-49-66(51-91-79(63-35-25-20-26-36-63,64-40-44-68(86-10)45-41-64)65-42-46-69(87-11)47-43-65)80(50-70)73(83)39-29-16-15-28-38-67(82)37-27-14-12-13-17-30-48-88-77-60(9)58(7)74(72(93-77)53-90-76(85)62-33-23-19-24-34-62)94-78-59(8)56(5)57(6)71(92-78)52-89-75(84)61-31-21-18-22-32-61/h18-26,31-36,40-47,54-60,66,70-72,74,77-78,96H,12-17,27-30,37-39,48-53H2,1-11H3/t56?,57?,58?,59?,60?,66-,70?,71?,72?,74?,77?,78?/m0/s1. The Balaban J connectivity index is 0.759. The van der Waals surface area contributed by atoms with E-state index in [0.717, 1.165) is 92.4 Å². The van der Waals surface area contributed by atoms with Crippen LogP contribution in [0.4, 0.5) is 0 Å². The Morgan fingerprint density at radius 3 is 1.53 bits per heavy atom. The van der Waals surface area contributed by atoms with Crippen LogP contribution in [0.5, 0.6) is 11.5 Å². The van der Waals surface area contributed by atoms with Gasteiger partial charge in [0, 0.05) is 56.3 Å². The number of carbonyl (C=O) groups excluding carboxylic acids is 4. The topological polar surface area (TPSA) is 167 Å². The molecule has 3 aliphatic heterocycles. The molecule has 1 amide bonds. The highest BCUT2D eigenvalue weighted by Gasteiger charge is 2.49. The third-order valence-corrected chi connectivity index (χ3v) is 21.7. The van der Waals surface area contributed by atoms with Crippen LogP contribution in [0.2, 0.25) is 0 Å². The highest BCUT2D eigenvalue weighted by Crippen LogP contribution is 2.44. The Hall–Kier alpha value is -6.07. The molecule has 0 spiro atoms. The van der Waals surface area contributed by atoms with Crippen molar-refractivity contribution in [3.8, 4) is 11.5 Å². The van der Waals surface area contributed by atoms with Gasteiger partial charge in [-0.1, -0.05) is 164 Å². The summed E-state index contributed by atoms with van der Waals surface area (Å²) < 4.78 is 66.0. The first-order valence-electron chi connectivity index (χ1n) is 35.4. The van der Waals surface area contributed by atoms with Crippen molar-refractivity contribution in [1.29, 1.82) is 0 Å². The minimum Gasteiger partial charge on any atom is -0.497 e. The summed E-state index contributed by atoms with van der Waals surface area (Å²) in [5.74, 6) is 1.27. The number of carbonyl (C=O) groups is 4. The van der Waals surface area contributed by atoms with E-state index < -0.39 is 42.3 Å². The number of nitrogens with zero attached hydrogens (tertiary/aromatic N) is 2. The molecule has 0 N–H and O–H groups in total. The number of methoxy groups -OCH3 is 2. The number of unbranched alkanes of at least 4 members (excludes halogenated alkanes) is 8. The molecular formula is C79H109N2O14P. The van der Waals surface area contributed by atoms with Crippen molar-refractivity contribution < 1.29 is 66.3 Å². The van der Waals surface area contributed by atoms with Crippen molar-refractivity contribution in [2.45, 2.75) is 213 Å². The lowest BCUT2D eigenvalue weighted by Gasteiger charge is -2.48. The van der Waals surface area contributed by atoms with Crippen molar-refractivity contribution in [2.24, 2.45) is 29.6 Å². The molecule has 12 unspecified atom stereocenters. The second-order valence-electron chi connectivity index (χ2n) is 27.3. The smallest absolute Gasteiger partial charge is 0.338 e. The number of ketones is 1. The highest BCUT2D eigenvalue weighted by atomic mass is 31.1. The number of hydrogen-bond donors (Lipinski definition) is 0. The molecule has 8 rings (SSSR count). The van der Waals surface area contributed by atoms with Crippen LogP contribution in [0.3, 0.4) is 0 Å². The fourth-order valence-corrected chi connectivity index (χ4v) is 14.5. The third-order valence-electron chi connectivity index (χ3n) is 20.0. The Morgan fingerprint density at radius 1 is 0.531 bits per heavy atom. The van der Waals surface area contributed by atoms with E-state index in [-0.39, 0.29) is 82.5 Å². The van der Waals surface area contributed by atoms with E-state index in [0.29, 0.717) is 67.8 Å². The maximum Gasteiger partial charge on any atom is 0.338 e. The first-order chi connectivity index (χ1) is 46.4. The molecule has 96 heavy (non-hydrogen) atoms. The largest absolute Gasteiger partial charge is 0.497 e. The van der Waals surface area contributed by atoms with E-state index in [1.807, 2.05) is 71.6 Å². The molecule has 5 aromatic carbocycles. The van der Waals surface area contributed by atoms with Gasteiger partial charge in [-0.3, -0.25) is 14.3 Å². The number of likely N-dealkylation sites (tertiary alicyclic amines) is 1. The van der Waals surface area contributed by atoms with Crippen molar-refractivity contribution in [3.05, 3.63) is 167 Å². The Morgan fingerprint density at radius 2 is 1.00 bits per heavy atom. The van der Waals surface area contributed by atoms with E-state index >= 15 is 0 Å². The number of Topliss-reactive ketones (excluding diaryl/α,β-unsaturated/α-hetero) is 1. The van der Waals surface area contributed by atoms with Crippen molar-refractivity contribution >= 4 is 32.6 Å². The number of esters is 2. The summed E-state index contributed by atoms with van der Waals surface area (Å²) in [6, 6.07) is 44.6. The molecule has 5 aromatic rings. The van der Waals surface area contributed by atoms with E-state index in [2.05, 4.69) is 103 Å². The van der Waals surface area contributed by atoms with E-state index in [1.165, 1.54) is 0 Å². The Kier molecular flexibility index (Phi) is 30.2. The molecular weight excluding hydrogens is 1230 g/mol. The van der Waals surface area contributed by atoms with Gasteiger partial charge in [0.05, 0.1) is 65.3 Å². The lowest BCUT2D eigenvalue weighted by Crippen LogP contribution is -2.56. The molecule has 0 radical (unpaired) electrons. The summed E-state index contributed by atoms with van der Waals surface area (Å²) in [6.45, 7) is 20.8. The van der Waals surface area contributed by atoms with Gasteiger partial charge in [0.1, 0.15) is 42.2 Å². The van der Waals surface area contributed by atoms with E-state index in [4.69, 9.17) is 47.2 Å². The van der Waals surface area contributed by atoms with Crippen LogP contribution < -0.4 is 9.47 Å². The van der Waals surface area contributed by atoms with E-state index in [1.54, 1.807) is 50.6 Å². The predicted octanol–water partition coefficient (Wildman–Crippen LogP) is 16.0. The van der Waals surface area contributed by atoms with Crippen LogP contribution in [-0.2, 0) is 52.9 Å². The number of ether oxygens (including phenoxy) is 9. The zero-order valence-corrected chi connectivity index (χ0v) is 59.9. The summed E-state index contributed by atoms with van der Waals surface area (Å²) in [6.07, 6.45) is 8.61. The Bertz CT molecular complexity index is 3050. The molecule has 0 aromatic heterocycles. The summed E-state index contributed by atoms with van der Waals surface area (Å²) in [5.41, 5.74) is 2.74. The number of hydrogen-bond acceptors (Lipinski definition) is 15. The third kappa shape index (κ3) is 21.0. The maximum atomic E-state index is 14.4. The van der Waals surface area contributed by atoms with Gasteiger partial charge in [-0.25, -0.2) is 9.59 Å². The van der Waals surface area contributed by atoms with Gasteiger partial charge in [-0.05, 0) is 143 Å². The molecule has 17 heteroatoms. The van der Waals surface area contributed by atoms with Crippen LogP contribution in [-0.4, -0.2) is 136 Å². The van der Waals surface area contributed by atoms with Gasteiger partial charge in [0.15, 0.2) is 12.6 Å². The lowest BCUT2D eigenvalue weighted by molar-refractivity contribution is -0.327. The van der Waals surface area contributed by atoms with Crippen LogP contribution in [0.15, 0.2) is 140 Å². The number of benzene rings is 5. The SMILES string of the molecule is COc1ccc(C(OC[C@@H]2CC(OPN(C(C)C)C(C)C)CN2C(=O)CCCCCCC(=O)CCCCCCCCOC2OC(COC(=O)c3ccccc3)C(OC3OC(COC(=O)c4ccccc4)C(C)C(C)C3C)C(C)C2C)(c2ccccc2)c2ccc(OC)cc2)cc1. The number of amides is 1. The normalized spacial score (nSPS) is 23.8. The maximum absolute atomic E-state index is 14.4. The van der Waals surface area contributed by atoms with Crippen molar-refractivity contribution in [3.63, 3.8) is 0 Å². The van der Waals surface area contributed by atoms with E-state index in [9.17, 15) is 19.2 Å². The quantitative estimate of drug-likeness (QED) is 0.0158. The second-order valence-corrected chi connectivity index (χ2v) is 28.2. The van der Waals surface area contributed by atoms with Crippen LogP contribution >= 0.6 is 8.96 Å². The number of rotatable bonds is 38. The molecule has 0 saturated carbocycles. The summed E-state index contributed by atoms with van der Waals surface area (Å²) in [7, 11) is 3.50. The summed E-state index contributed by atoms with van der Waals surface area (Å²) >= 11 is 0. The van der Waals surface area contributed by atoms with Gasteiger partial charge < -0.3 is 52.1 Å². The lowest BCUT2D eigenvalue weighted by atomic mass is 9.78. The fraction of sp³-hybridized carbons (Fsp3) is 0.570. The molecule has 16 nitrogen and oxygen atoms in total. The first-order valence-corrected chi connectivity index (χ1v) is 36.3. The van der Waals surface area contributed by atoms with Gasteiger partial charge in [0.25, 0.3) is 0 Å². The minimum atomic E-state index is -1.02. The van der Waals surface area contributed by atoms with Gasteiger partial charge >= 0.3 is 11.9 Å². The molecule has 0 aliphatic carbocycles. The molecule has 3 fully saturated rings. The summed E-state index contributed by atoms with van der Waals surface area (Å²) in [4.78, 5) is 55.7. The molecule has 13 atom stereocenters. The first kappa shape index (κ1) is 75.7. The molecule has 3 aliphatic rings. The average molecular weight is 1340 g/mol. The highest BCUT2D eigenvalue weighted by molar-refractivity contribution is 7.29. The van der Waals surface area contributed by atoms with Crippen molar-refractivity contribution in [1.82, 2.24) is 9.57 Å². The fourth-order valence-electron chi connectivity index (χ4n) is 13.6. The van der Waals surface area contributed by atoms with Crippen LogP contribution in [0.25, 0.3) is 0 Å².